The molecule has 2 aliphatic rings. The summed E-state index contributed by atoms with van der Waals surface area (Å²) in [4.78, 5) is 0. The van der Waals surface area contributed by atoms with Crippen LogP contribution in [0.3, 0.4) is 0 Å². The lowest BCUT2D eigenvalue weighted by atomic mass is 9.91. The van der Waals surface area contributed by atoms with Crippen LogP contribution >= 0.6 is 35.6 Å². The predicted octanol–water partition coefficient (Wildman–Crippen LogP) is 4.66. The molecule has 100 valence electrons. The van der Waals surface area contributed by atoms with E-state index < -0.39 is 0 Å². The first-order valence-electron chi connectivity index (χ1n) is 6.36. The van der Waals surface area contributed by atoms with Gasteiger partial charge in [-0.2, -0.15) is 0 Å². The highest BCUT2D eigenvalue weighted by Crippen LogP contribution is 2.42. The van der Waals surface area contributed by atoms with Gasteiger partial charge in [-0.05, 0) is 49.8 Å². The van der Waals surface area contributed by atoms with Crippen molar-refractivity contribution in [3.05, 3.63) is 33.8 Å². The number of halogens is 3. The van der Waals surface area contributed by atoms with E-state index in [2.05, 4.69) is 18.3 Å². The summed E-state index contributed by atoms with van der Waals surface area (Å²) in [5, 5.41) is 5.04. The molecule has 1 saturated heterocycles. The number of rotatable bonds is 2. The Balaban J connectivity index is 0.00000120. The van der Waals surface area contributed by atoms with Gasteiger partial charge in [0.2, 0.25) is 0 Å². The summed E-state index contributed by atoms with van der Waals surface area (Å²) >= 11 is 12.1. The minimum Gasteiger partial charge on any atom is -0.311 e. The second-order valence-corrected chi connectivity index (χ2v) is 6.23. The monoisotopic (exact) mass is 305 g/mol. The van der Waals surface area contributed by atoms with Gasteiger partial charge in [0, 0.05) is 18.0 Å². The van der Waals surface area contributed by atoms with Crippen molar-refractivity contribution >= 4 is 35.6 Å². The Hall–Kier alpha value is 0.0500. The Morgan fingerprint density at radius 3 is 2.50 bits per heavy atom. The maximum Gasteiger partial charge on any atom is 0.0595 e. The van der Waals surface area contributed by atoms with E-state index >= 15 is 0 Å². The standard InChI is InChI=1S/C14H17Cl2N.ClH/c1-8-11(7-14(17-8)9-2-3-9)10-4-5-12(15)13(16)6-10;/h4-6,8-9,11,14,17H,2-3,7H2,1H3;1H. The fourth-order valence-electron chi connectivity index (χ4n) is 2.99. The van der Waals surface area contributed by atoms with E-state index in [4.69, 9.17) is 23.2 Å². The maximum atomic E-state index is 6.10. The van der Waals surface area contributed by atoms with Gasteiger partial charge in [-0.15, -0.1) is 12.4 Å². The Morgan fingerprint density at radius 1 is 1.17 bits per heavy atom. The first-order valence-corrected chi connectivity index (χ1v) is 7.11. The lowest BCUT2D eigenvalue weighted by Crippen LogP contribution is -2.29. The molecule has 1 aromatic rings. The van der Waals surface area contributed by atoms with E-state index in [-0.39, 0.29) is 12.4 Å². The third-order valence-electron chi connectivity index (χ3n) is 4.15. The molecule has 3 rings (SSSR count). The van der Waals surface area contributed by atoms with Crippen LogP contribution < -0.4 is 5.32 Å². The molecule has 0 radical (unpaired) electrons. The molecule has 0 aromatic heterocycles. The van der Waals surface area contributed by atoms with Gasteiger partial charge < -0.3 is 5.32 Å². The van der Waals surface area contributed by atoms with E-state index in [1.165, 1.54) is 24.8 Å². The fourth-order valence-corrected chi connectivity index (χ4v) is 3.30. The topological polar surface area (TPSA) is 12.0 Å². The van der Waals surface area contributed by atoms with Gasteiger partial charge >= 0.3 is 0 Å². The molecule has 1 aromatic carbocycles. The van der Waals surface area contributed by atoms with Crippen LogP contribution in [0.25, 0.3) is 0 Å². The highest BCUT2D eigenvalue weighted by atomic mass is 35.5. The summed E-state index contributed by atoms with van der Waals surface area (Å²) in [5.41, 5.74) is 1.32. The first-order chi connectivity index (χ1) is 8.15. The van der Waals surface area contributed by atoms with Gasteiger partial charge in [-0.25, -0.2) is 0 Å². The van der Waals surface area contributed by atoms with Gasteiger partial charge in [0.1, 0.15) is 0 Å². The molecule has 0 bridgehead atoms. The molecule has 3 unspecified atom stereocenters. The van der Waals surface area contributed by atoms with E-state index in [9.17, 15) is 0 Å². The Morgan fingerprint density at radius 2 is 1.89 bits per heavy atom. The third kappa shape index (κ3) is 2.80. The van der Waals surface area contributed by atoms with Crippen LogP contribution in [0.2, 0.25) is 10.0 Å². The van der Waals surface area contributed by atoms with Crippen molar-refractivity contribution in [2.24, 2.45) is 5.92 Å². The molecular formula is C14H18Cl3N. The summed E-state index contributed by atoms with van der Waals surface area (Å²) in [6.07, 6.45) is 4.04. The lowest BCUT2D eigenvalue weighted by molar-refractivity contribution is 0.509. The SMILES string of the molecule is CC1NC(C2CC2)CC1c1ccc(Cl)c(Cl)c1.Cl. The van der Waals surface area contributed by atoms with E-state index in [1.807, 2.05) is 12.1 Å². The lowest BCUT2D eigenvalue weighted by Gasteiger charge is -2.15. The zero-order valence-corrected chi connectivity index (χ0v) is 12.7. The van der Waals surface area contributed by atoms with Crippen LogP contribution in [0, 0.1) is 5.92 Å². The van der Waals surface area contributed by atoms with E-state index in [0.29, 0.717) is 28.0 Å². The van der Waals surface area contributed by atoms with Gasteiger partial charge in [-0.3, -0.25) is 0 Å². The second kappa shape index (κ2) is 5.58. The molecule has 1 saturated carbocycles. The molecule has 1 heterocycles. The van der Waals surface area contributed by atoms with Crippen LogP contribution in [0.5, 0.6) is 0 Å². The summed E-state index contributed by atoms with van der Waals surface area (Å²) in [6, 6.07) is 7.31. The summed E-state index contributed by atoms with van der Waals surface area (Å²) in [5.74, 6) is 1.50. The zero-order chi connectivity index (χ0) is 12.0. The van der Waals surface area contributed by atoms with Crippen LogP contribution in [0.4, 0.5) is 0 Å². The van der Waals surface area contributed by atoms with Crippen molar-refractivity contribution in [1.82, 2.24) is 5.32 Å². The van der Waals surface area contributed by atoms with Crippen molar-refractivity contribution < 1.29 is 0 Å². The average Bonchev–Trinajstić information content (AvgIpc) is 3.07. The molecular weight excluding hydrogens is 289 g/mol. The summed E-state index contributed by atoms with van der Waals surface area (Å²) < 4.78 is 0. The maximum absolute atomic E-state index is 6.10. The Labute approximate surface area is 125 Å². The quantitative estimate of drug-likeness (QED) is 0.838. The molecule has 18 heavy (non-hydrogen) atoms. The second-order valence-electron chi connectivity index (χ2n) is 5.42. The van der Waals surface area contributed by atoms with Crippen molar-refractivity contribution in [2.45, 2.75) is 44.2 Å². The molecule has 1 aliphatic carbocycles. The molecule has 4 heteroatoms. The highest BCUT2D eigenvalue weighted by molar-refractivity contribution is 6.42. The largest absolute Gasteiger partial charge is 0.311 e. The third-order valence-corrected chi connectivity index (χ3v) is 4.89. The molecule has 1 N–H and O–H groups in total. The van der Waals surface area contributed by atoms with Gasteiger partial charge in [-0.1, -0.05) is 29.3 Å². The van der Waals surface area contributed by atoms with Crippen molar-refractivity contribution in [3.8, 4) is 0 Å². The molecule has 0 amide bonds. The molecule has 2 fully saturated rings. The minimum absolute atomic E-state index is 0. The van der Waals surface area contributed by atoms with Crippen LogP contribution in [-0.2, 0) is 0 Å². The van der Waals surface area contributed by atoms with Gasteiger partial charge in [0.15, 0.2) is 0 Å². The van der Waals surface area contributed by atoms with Crippen molar-refractivity contribution in [1.29, 1.82) is 0 Å². The predicted molar refractivity (Wildman–Crippen MR) is 80.2 cm³/mol. The van der Waals surface area contributed by atoms with Crippen LogP contribution in [0.15, 0.2) is 18.2 Å². The zero-order valence-electron chi connectivity index (χ0n) is 10.3. The Bertz CT molecular complexity index is 431. The molecule has 0 spiro atoms. The normalized spacial score (nSPS) is 31.2. The Kier molecular flexibility index (Phi) is 4.48. The number of hydrogen-bond acceptors (Lipinski definition) is 1. The fraction of sp³-hybridized carbons (Fsp3) is 0.571. The summed E-state index contributed by atoms with van der Waals surface area (Å²) in [6.45, 7) is 2.27. The smallest absolute Gasteiger partial charge is 0.0595 e. The number of hydrogen-bond donors (Lipinski definition) is 1. The van der Waals surface area contributed by atoms with Gasteiger partial charge in [0.25, 0.3) is 0 Å². The molecule has 1 nitrogen and oxygen atoms in total. The highest BCUT2D eigenvalue weighted by Gasteiger charge is 2.40. The van der Waals surface area contributed by atoms with E-state index in [0.717, 1.165) is 5.92 Å². The van der Waals surface area contributed by atoms with Crippen molar-refractivity contribution in [2.75, 3.05) is 0 Å². The van der Waals surface area contributed by atoms with Crippen LogP contribution in [-0.4, -0.2) is 12.1 Å². The number of nitrogens with one attached hydrogen (secondary N) is 1. The average molecular weight is 307 g/mol. The van der Waals surface area contributed by atoms with E-state index in [1.54, 1.807) is 0 Å². The molecule has 3 atom stereocenters. The van der Waals surface area contributed by atoms with Crippen molar-refractivity contribution in [3.63, 3.8) is 0 Å². The molecule has 1 aliphatic heterocycles. The minimum atomic E-state index is 0. The first kappa shape index (κ1) is 14.5. The van der Waals surface area contributed by atoms with Crippen LogP contribution in [0.1, 0.15) is 37.7 Å². The van der Waals surface area contributed by atoms with Gasteiger partial charge in [0.05, 0.1) is 10.0 Å². The summed E-state index contributed by atoms with van der Waals surface area (Å²) in [7, 11) is 0. The number of benzene rings is 1.